The molecule has 1 aromatic carbocycles. The maximum absolute atomic E-state index is 12.7. The Morgan fingerprint density at radius 2 is 2.08 bits per heavy atom. The SMILES string of the molecule is Cc1ccc(C(=O)N2C[C@@H]3CN(CCO)C[C@]3(C(=O)O)C2)cc1Cl. The summed E-state index contributed by atoms with van der Waals surface area (Å²) in [4.78, 5) is 28.2. The molecule has 0 radical (unpaired) electrons. The third kappa shape index (κ3) is 2.79. The molecule has 0 aliphatic carbocycles. The van der Waals surface area contributed by atoms with E-state index in [1.54, 1.807) is 23.1 Å². The van der Waals surface area contributed by atoms with E-state index in [0.29, 0.717) is 36.8 Å². The van der Waals surface area contributed by atoms with E-state index in [2.05, 4.69) is 0 Å². The predicted molar refractivity (Wildman–Crippen MR) is 89.2 cm³/mol. The normalized spacial score (nSPS) is 26.6. The van der Waals surface area contributed by atoms with Crippen LogP contribution in [0.5, 0.6) is 0 Å². The number of β-amino-alcohol motifs (C(OH)–C–C–N with tert-alkyl or cyclic N) is 1. The molecule has 1 amide bonds. The zero-order valence-corrected chi connectivity index (χ0v) is 14.3. The number of amides is 1. The van der Waals surface area contributed by atoms with Gasteiger partial charge in [0, 0.05) is 49.2 Å². The van der Waals surface area contributed by atoms with Gasteiger partial charge < -0.3 is 15.1 Å². The van der Waals surface area contributed by atoms with Crippen molar-refractivity contribution in [1.82, 2.24) is 9.80 Å². The largest absolute Gasteiger partial charge is 0.481 e. The van der Waals surface area contributed by atoms with Crippen LogP contribution in [0.3, 0.4) is 0 Å². The first-order chi connectivity index (χ1) is 11.4. The molecule has 7 heteroatoms. The van der Waals surface area contributed by atoms with Gasteiger partial charge in [-0.15, -0.1) is 0 Å². The van der Waals surface area contributed by atoms with Crippen molar-refractivity contribution < 1.29 is 19.8 Å². The molecular formula is C17H21ClN2O4. The smallest absolute Gasteiger partial charge is 0.313 e. The number of halogens is 1. The zero-order valence-electron chi connectivity index (χ0n) is 13.5. The summed E-state index contributed by atoms with van der Waals surface area (Å²) in [6, 6.07) is 5.16. The molecule has 0 bridgehead atoms. The van der Waals surface area contributed by atoms with Crippen molar-refractivity contribution >= 4 is 23.5 Å². The van der Waals surface area contributed by atoms with Gasteiger partial charge in [0.05, 0.1) is 6.61 Å². The minimum atomic E-state index is -0.945. The number of carbonyl (C=O) groups excluding carboxylic acids is 1. The topological polar surface area (TPSA) is 81.1 Å². The molecule has 2 aliphatic heterocycles. The average molecular weight is 353 g/mol. The van der Waals surface area contributed by atoms with E-state index < -0.39 is 11.4 Å². The molecule has 1 aromatic rings. The van der Waals surface area contributed by atoms with Gasteiger partial charge in [0.1, 0.15) is 5.41 Å². The number of benzene rings is 1. The molecule has 0 saturated carbocycles. The summed E-state index contributed by atoms with van der Waals surface area (Å²) in [5, 5.41) is 19.4. The van der Waals surface area contributed by atoms with Gasteiger partial charge in [-0.1, -0.05) is 17.7 Å². The second kappa shape index (κ2) is 6.35. The van der Waals surface area contributed by atoms with Crippen LogP contribution in [0.2, 0.25) is 5.02 Å². The lowest BCUT2D eigenvalue weighted by molar-refractivity contribution is -0.148. The van der Waals surface area contributed by atoms with Gasteiger partial charge in [-0.3, -0.25) is 14.5 Å². The number of aliphatic hydroxyl groups excluding tert-OH is 1. The molecule has 130 valence electrons. The molecule has 2 heterocycles. The van der Waals surface area contributed by atoms with Crippen LogP contribution in [0.25, 0.3) is 0 Å². The van der Waals surface area contributed by atoms with Crippen molar-refractivity contribution in [3.63, 3.8) is 0 Å². The monoisotopic (exact) mass is 352 g/mol. The van der Waals surface area contributed by atoms with Crippen molar-refractivity contribution in [1.29, 1.82) is 0 Å². The lowest BCUT2D eigenvalue weighted by atomic mass is 9.81. The van der Waals surface area contributed by atoms with Crippen LogP contribution < -0.4 is 0 Å². The van der Waals surface area contributed by atoms with E-state index in [1.165, 1.54) is 0 Å². The zero-order chi connectivity index (χ0) is 17.5. The molecule has 3 rings (SSSR count). The number of carboxylic acid groups (broad SMARTS) is 1. The number of aliphatic hydroxyl groups is 1. The summed E-state index contributed by atoms with van der Waals surface area (Å²) in [6.45, 7) is 3.90. The van der Waals surface area contributed by atoms with Crippen LogP contribution in [0, 0.1) is 18.3 Å². The highest BCUT2D eigenvalue weighted by Gasteiger charge is 2.58. The predicted octanol–water partition coefficient (Wildman–Crippen LogP) is 1.10. The molecule has 6 nitrogen and oxygen atoms in total. The number of hydrogen-bond acceptors (Lipinski definition) is 4. The van der Waals surface area contributed by atoms with Crippen LogP contribution in [0.15, 0.2) is 18.2 Å². The molecule has 2 fully saturated rings. The minimum absolute atomic E-state index is 0.00687. The van der Waals surface area contributed by atoms with Crippen molar-refractivity contribution in [2.75, 3.05) is 39.3 Å². The molecule has 0 spiro atoms. The van der Waals surface area contributed by atoms with Crippen LogP contribution in [-0.2, 0) is 4.79 Å². The van der Waals surface area contributed by atoms with Crippen molar-refractivity contribution in [2.45, 2.75) is 6.92 Å². The standard InChI is InChI=1S/C17H21ClN2O4/c1-11-2-3-12(6-14(11)18)15(22)20-8-13-7-19(4-5-21)9-17(13,10-20)16(23)24/h2-3,6,13,21H,4-5,7-10H2,1H3,(H,23,24)/t13-,17-/m0/s1. The van der Waals surface area contributed by atoms with Gasteiger partial charge in [-0.05, 0) is 24.6 Å². The van der Waals surface area contributed by atoms with Crippen LogP contribution in [-0.4, -0.2) is 71.2 Å². The Bertz CT molecular complexity index is 681. The maximum Gasteiger partial charge on any atom is 0.313 e. The maximum atomic E-state index is 12.7. The Morgan fingerprint density at radius 1 is 1.33 bits per heavy atom. The second-order valence-corrected chi connectivity index (χ2v) is 7.17. The number of nitrogens with zero attached hydrogens (tertiary/aromatic N) is 2. The lowest BCUT2D eigenvalue weighted by Crippen LogP contribution is -2.42. The summed E-state index contributed by atoms with van der Waals surface area (Å²) in [7, 11) is 0. The van der Waals surface area contributed by atoms with Crippen molar-refractivity contribution in [3.8, 4) is 0 Å². The Balaban J connectivity index is 1.80. The number of hydrogen-bond donors (Lipinski definition) is 2. The molecule has 0 unspecified atom stereocenters. The quantitative estimate of drug-likeness (QED) is 0.848. The molecule has 2 atom stereocenters. The third-order valence-electron chi connectivity index (χ3n) is 5.23. The van der Waals surface area contributed by atoms with Crippen LogP contribution >= 0.6 is 11.6 Å². The Morgan fingerprint density at radius 3 is 2.67 bits per heavy atom. The first-order valence-corrected chi connectivity index (χ1v) is 8.37. The minimum Gasteiger partial charge on any atom is -0.481 e. The van der Waals surface area contributed by atoms with E-state index >= 15 is 0 Å². The fraction of sp³-hybridized carbons (Fsp3) is 0.529. The van der Waals surface area contributed by atoms with Gasteiger partial charge in [-0.2, -0.15) is 0 Å². The highest BCUT2D eigenvalue weighted by Crippen LogP contribution is 2.43. The number of aryl methyl sites for hydroxylation is 1. The van der Waals surface area contributed by atoms with E-state index in [0.717, 1.165) is 5.56 Å². The second-order valence-electron chi connectivity index (χ2n) is 6.77. The van der Waals surface area contributed by atoms with Crippen LogP contribution in [0.1, 0.15) is 15.9 Å². The third-order valence-corrected chi connectivity index (χ3v) is 5.63. The fourth-order valence-electron chi connectivity index (χ4n) is 3.85. The lowest BCUT2D eigenvalue weighted by Gasteiger charge is -2.25. The summed E-state index contributed by atoms with van der Waals surface area (Å²) in [6.07, 6.45) is 0. The summed E-state index contributed by atoms with van der Waals surface area (Å²) in [5.41, 5.74) is 0.436. The Kier molecular flexibility index (Phi) is 4.55. The van der Waals surface area contributed by atoms with Gasteiger partial charge >= 0.3 is 5.97 Å². The van der Waals surface area contributed by atoms with E-state index in [4.69, 9.17) is 16.7 Å². The average Bonchev–Trinajstić information content (AvgIpc) is 3.04. The van der Waals surface area contributed by atoms with Gasteiger partial charge in [0.2, 0.25) is 0 Å². The Labute approximate surface area is 145 Å². The molecule has 24 heavy (non-hydrogen) atoms. The highest BCUT2D eigenvalue weighted by molar-refractivity contribution is 6.31. The fourth-order valence-corrected chi connectivity index (χ4v) is 4.03. The van der Waals surface area contributed by atoms with E-state index in [-0.39, 0.29) is 25.0 Å². The number of rotatable bonds is 4. The Hall–Kier alpha value is -1.63. The van der Waals surface area contributed by atoms with Crippen molar-refractivity contribution in [2.24, 2.45) is 11.3 Å². The molecule has 2 aliphatic rings. The molecular weight excluding hydrogens is 332 g/mol. The number of carbonyl (C=O) groups is 2. The molecule has 2 N–H and O–H groups in total. The van der Waals surface area contributed by atoms with Crippen LogP contribution in [0.4, 0.5) is 0 Å². The first-order valence-electron chi connectivity index (χ1n) is 7.99. The van der Waals surface area contributed by atoms with E-state index in [1.807, 2.05) is 11.8 Å². The molecule has 2 saturated heterocycles. The van der Waals surface area contributed by atoms with E-state index in [9.17, 15) is 14.7 Å². The number of fused-ring (bicyclic) bond motifs is 1. The number of aliphatic carboxylic acids is 1. The molecule has 0 aromatic heterocycles. The summed E-state index contributed by atoms with van der Waals surface area (Å²) in [5.74, 6) is -1.17. The summed E-state index contributed by atoms with van der Waals surface area (Å²) >= 11 is 6.10. The van der Waals surface area contributed by atoms with Gasteiger partial charge in [0.25, 0.3) is 5.91 Å². The number of carboxylic acids is 1. The van der Waals surface area contributed by atoms with Crippen molar-refractivity contribution in [3.05, 3.63) is 34.3 Å². The van der Waals surface area contributed by atoms with Gasteiger partial charge in [-0.25, -0.2) is 0 Å². The number of likely N-dealkylation sites (tertiary alicyclic amines) is 2. The van der Waals surface area contributed by atoms with Gasteiger partial charge in [0.15, 0.2) is 0 Å². The first kappa shape index (κ1) is 17.2. The summed E-state index contributed by atoms with van der Waals surface area (Å²) < 4.78 is 0. The highest BCUT2D eigenvalue weighted by atomic mass is 35.5.